The van der Waals surface area contributed by atoms with E-state index in [0.717, 1.165) is 61.3 Å². The highest BCUT2D eigenvalue weighted by atomic mass is 31.2. The van der Waals surface area contributed by atoms with E-state index in [1.165, 1.54) is 23.3 Å². The highest BCUT2D eigenvalue weighted by Gasteiger charge is 2.32. The third-order valence-electron chi connectivity index (χ3n) is 9.25. The van der Waals surface area contributed by atoms with E-state index in [1.54, 1.807) is 12.1 Å². The number of nitrogens with zero attached hydrogens (tertiary/aromatic N) is 2. The molecule has 0 radical (unpaired) electrons. The standard InChI is InChI=1S/C39H45F3N3O5P/c1-3-48-51(46,49-4-2)27-30-11-9-29(10-12-30)26-47-37-8-6-5-7-33(37)23-28-19-21-45(22-20-28)25-31-13-18-35-36(24-31)44-38(43-35)32-14-16-34(17-15-32)50-39(40,41)42/h5-18,24,28,35-36H,3-4,19-23,25-27H2,1-2H3,(H,43,44). The fraction of sp³-hybridized carbons (Fsp3) is 0.410. The van der Waals surface area contributed by atoms with Crippen molar-refractivity contribution in [2.24, 2.45) is 10.9 Å². The molecule has 2 unspecified atom stereocenters. The maximum absolute atomic E-state index is 12.9. The van der Waals surface area contributed by atoms with E-state index in [0.29, 0.717) is 31.6 Å². The summed E-state index contributed by atoms with van der Waals surface area (Å²) in [4.78, 5) is 7.25. The first-order chi connectivity index (χ1) is 24.6. The summed E-state index contributed by atoms with van der Waals surface area (Å²) in [6.07, 6.45) is 5.15. The molecule has 2 atom stereocenters. The Hall–Kier alpha value is -3.89. The Kier molecular flexibility index (Phi) is 12.0. The van der Waals surface area contributed by atoms with Gasteiger partial charge in [0.05, 0.1) is 31.5 Å². The highest BCUT2D eigenvalue weighted by molar-refractivity contribution is 7.53. The molecular weight excluding hydrogens is 678 g/mol. The molecule has 2 aliphatic heterocycles. The van der Waals surface area contributed by atoms with Crippen LogP contribution in [0.1, 0.15) is 48.9 Å². The Morgan fingerprint density at radius 3 is 2.29 bits per heavy atom. The minimum absolute atomic E-state index is 0.0116. The summed E-state index contributed by atoms with van der Waals surface area (Å²) in [5, 5.41) is 3.43. The fourth-order valence-electron chi connectivity index (χ4n) is 6.78. The van der Waals surface area contributed by atoms with Gasteiger partial charge in [0.15, 0.2) is 0 Å². The number of halogens is 3. The molecule has 1 N–H and O–H groups in total. The number of benzene rings is 3. The number of fused-ring (bicyclic) bond motifs is 1. The van der Waals surface area contributed by atoms with Crippen molar-refractivity contribution < 1.29 is 36.3 Å². The lowest BCUT2D eigenvalue weighted by molar-refractivity contribution is -0.274. The van der Waals surface area contributed by atoms with Crippen molar-refractivity contribution in [3.05, 3.63) is 119 Å². The molecule has 51 heavy (non-hydrogen) atoms. The first kappa shape index (κ1) is 36.9. The SMILES string of the molecule is CCOP(=O)(Cc1ccc(COc2ccccc2CC2CCN(CC3=CC4NC(c5ccc(OC(F)(F)F)cc5)=NC4C=C3)CC2)cc1)OCC. The van der Waals surface area contributed by atoms with Gasteiger partial charge in [-0.3, -0.25) is 14.5 Å². The minimum Gasteiger partial charge on any atom is -0.489 e. The molecular formula is C39H45F3N3O5P. The maximum Gasteiger partial charge on any atom is 0.573 e. The Morgan fingerprint density at radius 2 is 1.61 bits per heavy atom. The number of ether oxygens (including phenoxy) is 2. The summed E-state index contributed by atoms with van der Waals surface area (Å²) in [5.41, 5.74) is 5.11. The van der Waals surface area contributed by atoms with E-state index in [4.69, 9.17) is 18.8 Å². The van der Waals surface area contributed by atoms with Crippen LogP contribution in [-0.2, 0) is 32.8 Å². The number of alkyl halides is 3. The van der Waals surface area contributed by atoms with Crippen LogP contribution in [0.25, 0.3) is 0 Å². The molecule has 1 saturated heterocycles. The molecule has 2 heterocycles. The van der Waals surface area contributed by atoms with Crippen LogP contribution in [-0.4, -0.2) is 62.0 Å². The first-order valence-corrected chi connectivity index (χ1v) is 19.3. The zero-order valence-corrected chi connectivity index (χ0v) is 29.9. The van der Waals surface area contributed by atoms with Gasteiger partial charge in [0.2, 0.25) is 0 Å². The number of hydrogen-bond acceptors (Lipinski definition) is 8. The van der Waals surface area contributed by atoms with Gasteiger partial charge in [-0.25, -0.2) is 0 Å². The molecule has 3 aliphatic rings. The predicted molar refractivity (Wildman–Crippen MR) is 192 cm³/mol. The van der Waals surface area contributed by atoms with Crippen molar-refractivity contribution in [3.8, 4) is 11.5 Å². The number of hydrogen-bond donors (Lipinski definition) is 1. The number of aliphatic imine (C=N–C) groups is 1. The second kappa shape index (κ2) is 16.6. The van der Waals surface area contributed by atoms with Gasteiger partial charge in [-0.05, 0) is 105 Å². The van der Waals surface area contributed by atoms with Gasteiger partial charge >= 0.3 is 14.0 Å². The molecule has 0 aromatic heterocycles. The molecule has 1 fully saturated rings. The molecule has 3 aromatic rings. The predicted octanol–water partition coefficient (Wildman–Crippen LogP) is 8.47. The monoisotopic (exact) mass is 723 g/mol. The topological polar surface area (TPSA) is 81.6 Å². The lowest BCUT2D eigenvalue weighted by atomic mass is 9.89. The number of amidine groups is 1. The second-order valence-electron chi connectivity index (χ2n) is 13.1. The van der Waals surface area contributed by atoms with Gasteiger partial charge in [-0.2, -0.15) is 0 Å². The Labute approximate surface area is 297 Å². The van der Waals surface area contributed by atoms with Crippen LogP contribution in [0.2, 0.25) is 0 Å². The van der Waals surface area contributed by atoms with E-state index in [2.05, 4.69) is 45.3 Å². The molecule has 0 saturated carbocycles. The normalized spacial score (nSPS) is 19.6. The van der Waals surface area contributed by atoms with Gasteiger partial charge in [0.1, 0.15) is 23.9 Å². The van der Waals surface area contributed by atoms with E-state index in [-0.39, 0.29) is 24.0 Å². The minimum atomic E-state index is -4.72. The maximum atomic E-state index is 12.9. The third kappa shape index (κ3) is 10.3. The molecule has 272 valence electrons. The van der Waals surface area contributed by atoms with Gasteiger partial charge < -0.3 is 23.8 Å². The van der Waals surface area contributed by atoms with E-state index >= 15 is 0 Å². The number of para-hydroxylation sites is 1. The number of nitrogens with one attached hydrogen (secondary N) is 1. The summed E-state index contributed by atoms with van der Waals surface area (Å²) in [7, 11) is -3.15. The summed E-state index contributed by atoms with van der Waals surface area (Å²) in [6.45, 7) is 7.64. The van der Waals surface area contributed by atoms with E-state index < -0.39 is 14.0 Å². The number of rotatable bonds is 15. The van der Waals surface area contributed by atoms with Crippen molar-refractivity contribution in [1.82, 2.24) is 10.2 Å². The molecule has 0 spiro atoms. The molecule has 8 nitrogen and oxygen atoms in total. The molecule has 3 aromatic carbocycles. The molecule has 12 heteroatoms. The zero-order chi connectivity index (χ0) is 35.8. The van der Waals surface area contributed by atoms with E-state index in [9.17, 15) is 17.7 Å². The summed E-state index contributed by atoms with van der Waals surface area (Å²) in [6, 6.07) is 21.9. The van der Waals surface area contributed by atoms with Crippen LogP contribution >= 0.6 is 7.60 Å². The Balaban J connectivity index is 0.956. The number of piperidine rings is 1. The summed E-state index contributed by atoms with van der Waals surface area (Å²) in [5.74, 6) is 1.88. The quantitative estimate of drug-likeness (QED) is 0.158. The van der Waals surface area contributed by atoms with Crippen LogP contribution in [0.5, 0.6) is 11.5 Å². The van der Waals surface area contributed by atoms with Crippen molar-refractivity contribution in [2.45, 2.75) is 64.3 Å². The van der Waals surface area contributed by atoms with Gasteiger partial charge in [0.25, 0.3) is 0 Å². The molecule has 1 aliphatic carbocycles. The fourth-order valence-corrected chi connectivity index (χ4v) is 8.48. The average Bonchev–Trinajstić information content (AvgIpc) is 3.53. The summed E-state index contributed by atoms with van der Waals surface area (Å²) >= 11 is 0. The van der Waals surface area contributed by atoms with Crippen molar-refractivity contribution >= 4 is 13.4 Å². The Bertz CT molecular complexity index is 1740. The van der Waals surface area contributed by atoms with Crippen molar-refractivity contribution in [3.63, 3.8) is 0 Å². The lowest BCUT2D eigenvalue weighted by Crippen LogP contribution is -2.38. The number of likely N-dealkylation sites (tertiary alicyclic amines) is 1. The van der Waals surface area contributed by atoms with Gasteiger partial charge in [0, 0.05) is 12.1 Å². The van der Waals surface area contributed by atoms with Crippen LogP contribution in [0.4, 0.5) is 13.2 Å². The highest BCUT2D eigenvalue weighted by Crippen LogP contribution is 2.51. The first-order valence-electron chi connectivity index (χ1n) is 17.6. The molecule has 0 bridgehead atoms. The van der Waals surface area contributed by atoms with Crippen LogP contribution in [0, 0.1) is 5.92 Å². The largest absolute Gasteiger partial charge is 0.573 e. The smallest absolute Gasteiger partial charge is 0.489 e. The zero-order valence-electron chi connectivity index (χ0n) is 29.0. The van der Waals surface area contributed by atoms with Crippen molar-refractivity contribution in [2.75, 3.05) is 32.8 Å². The van der Waals surface area contributed by atoms with Gasteiger partial charge in [-0.15, -0.1) is 13.2 Å². The lowest BCUT2D eigenvalue weighted by Gasteiger charge is -2.33. The summed E-state index contributed by atoms with van der Waals surface area (Å²) < 4.78 is 71.6. The molecule has 0 amide bonds. The van der Waals surface area contributed by atoms with Crippen LogP contribution < -0.4 is 14.8 Å². The third-order valence-corrected chi connectivity index (χ3v) is 11.3. The van der Waals surface area contributed by atoms with Crippen molar-refractivity contribution in [1.29, 1.82) is 0 Å². The van der Waals surface area contributed by atoms with Gasteiger partial charge in [-0.1, -0.05) is 60.7 Å². The average molecular weight is 724 g/mol. The van der Waals surface area contributed by atoms with Crippen LogP contribution in [0.15, 0.2) is 102 Å². The second-order valence-corrected chi connectivity index (χ2v) is 15.1. The van der Waals surface area contributed by atoms with E-state index in [1.807, 2.05) is 50.2 Å². The van der Waals surface area contributed by atoms with Crippen LogP contribution in [0.3, 0.4) is 0 Å². The molecule has 6 rings (SSSR count). The Morgan fingerprint density at radius 1 is 0.922 bits per heavy atom.